The molecule has 1 N–H and O–H groups in total. The molecule has 2 heterocycles. The van der Waals surface area contributed by atoms with E-state index < -0.39 is 0 Å². The smallest absolute Gasteiger partial charge is 0.0950 e. The quantitative estimate of drug-likeness (QED) is 0.838. The normalized spacial score (nSPS) is 12.9. The van der Waals surface area contributed by atoms with Crippen LogP contribution in [0.4, 0.5) is 0 Å². The Bertz CT molecular complexity index is 366. The van der Waals surface area contributed by atoms with E-state index in [0.717, 1.165) is 13.0 Å². The molecule has 0 aliphatic rings. The second-order valence-corrected chi connectivity index (χ2v) is 4.59. The molecule has 2 aromatic rings. The number of hydrogen-bond acceptors (Lipinski definition) is 3. The minimum Gasteiger partial charge on any atom is -0.472 e. The summed E-state index contributed by atoms with van der Waals surface area (Å²) in [5, 5.41) is 5.59. The molecule has 0 radical (unpaired) electrons. The number of thiophene rings is 1. The molecular weight excluding hydrogens is 206 g/mol. The molecule has 0 saturated heterocycles. The molecule has 1 unspecified atom stereocenters. The zero-order chi connectivity index (χ0) is 10.5. The van der Waals surface area contributed by atoms with Gasteiger partial charge in [-0.05, 0) is 30.9 Å². The van der Waals surface area contributed by atoms with E-state index in [-0.39, 0.29) is 0 Å². The van der Waals surface area contributed by atoms with E-state index in [2.05, 4.69) is 29.8 Å². The molecule has 0 amide bonds. The SMILES string of the molecule is CC(NCCc1cccs1)c1ccoc1. The second kappa shape index (κ2) is 5.14. The van der Waals surface area contributed by atoms with E-state index in [1.165, 1.54) is 10.4 Å². The fourth-order valence-corrected chi connectivity index (χ4v) is 2.21. The minimum absolute atomic E-state index is 0.365. The van der Waals surface area contributed by atoms with Crippen LogP contribution < -0.4 is 5.32 Å². The molecule has 0 fully saturated rings. The van der Waals surface area contributed by atoms with Gasteiger partial charge in [0, 0.05) is 23.0 Å². The third-order valence-corrected chi connectivity index (χ3v) is 3.38. The maximum Gasteiger partial charge on any atom is 0.0950 e. The summed E-state index contributed by atoms with van der Waals surface area (Å²) in [6, 6.07) is 6.64. The first kappa shape index (κ1) is 10.5. The predicted molar refractivity (Wildman–Crippen MR) is 63.1 cm³/mol. The van der Waals surface area contributed by atoms with Gasteiger partial charge in [0.1, 0.15) is 0 Å². The molecule has 0 saturated carbocycles. The number of rotatable bonds is 5. The van der Waals surface area contributed by atoms with Crippen LogP contribution in [0.2, 0.25) is 0 Å². The highest BCUT2D eigenvalue weighted by Crippen LogP contribution is 2.13. The number of furan rings is 1. The Morgan fingerprint density at radius 2 is 2.40 bits per heavy atom. The summed E-state index contributed by atoms with van der Waals surface area (Å²) >= 11 is 1.81. The molecule has 1 atom stereocenters. The molecule has 80 valence electrons. The highest BCUT2D eigenvalue weighted by molar-refractivity contribution is 7.09. The number of hydrogen-bond donors (Lipinski definition) is 1. The fourth-order valence-electron chi connectivity index (χ4n) is 1.51. The van der Waals surface area contributed by atoms with Crippen molar-refractivity contribution < 1.29 is 4.42 Å². The fraction of sp³-hybridized carbons (Fsp3) is 0.333. The van der Waals surface area contributed by atoms with E-state index in [4.69, 9.17) is 4.42 Å². The van der Waals surface area contributed by atoms with Crippen molar-refractivity contribution in [2.45, 2.75) is 19.4 Å². The zero-order valence-electron chi connectivity index (χ0n) is 8.77. The van der Waals surface area contributed by atoms with Crippen molar-refractivity contribution in [2.24, 2.45) is 0 Å². The maximum atomic E-state index is 5.05. The molecule has 0 aliphatic carbocycles. The molecule has 0 bridgehead atoms. The molecule has 0 aliphatic heterocycles. The van der Waals surface area contributed by atoms with Crippen molar-refractivity contribution in [3.63, 3.8) is 0 Å². The zero-order valence-corrected chi connectivity index (χ0v) is 9.59. The van der Waals surface area contributed by atoms with Crippen molar-refractivity contribution in [3.05, 3.63) is 46.5 Å². The van der Waals surface area contributed by atoms with E-state index in [1.807, 2.05) is 17.4 Å². The Morgan fingerprint density at radius 1 is 1.47 bits per heavy atom. The van der Waals surface area contributed by atoms with E-state index in [9.17, 15) is 0 Å². The Hall–Kier alpha value is -1.06. The largest absolute Gasteiger partial charge is 0.472 e. The lowest BCUT2D eigenvalue weighted by Crippen LogP contribution is -2.20. The topological polar surface area (TPSA) is 25.2 Å². The lowest BCUT2D eigenvalue weighted by molar-refractivity contribution is 0.540. The summed E-state index contributed by atoms with van der Waals surface area (Å²) in [5.74, 6) is 0. The first-order valence-electron chi connectivity index (χ1n) is 5.14. The highest BCUT2D eigenvalue weighted by Gasteiger charge is 2.05. The summed E-state index contributed by atoms with van der Waals surface area (Å²) in [7, 11) is 0. The molecule has 0 spiro atoms. The van der Waals surface area contributed by atoms with E-state index >= 15 is 0 Å². The summed E-state index contributed by atoms with van der Waals surface area (Å²) in [6.45, 7) is 3.16. The summed E-state index contributed by atoms with van der Waals surface area (Å²) in [4.78, 5) is 1.43. The third kappa shape index (κ3) is 2.94. The van der Waals surface area contributed by atoms with Gasteiger partial charge in [-0.15, -0.1) is 11.3 Å². The van der Waals surface area contributed by atoms with Crippen LogP contribution in [0.5, 0.6) is 0 Å². The van der Waals surface area contributed by atoms with Crippen molar-refractivity contribution >= 4 is 11.3 Å². The number of nitrogens with one attached hydrogen (secondary N) is 1. The second-order valence-electron chi connectivity index (χ2n) is 3.56. The van der Waals surface area contributed by atoms with Crippen LogP contribution in [-0.4, -0.2) is 6.54 Å². The monoisotopic (exact) mass is 221 g/mol. The third-order valence-electron chi connectivity index (χ3n) is 2.45. The van der Waals surface area contributed by atoms with Gasteiger partial charge >= 0.3 is 0 Å². The average Bonchev–Trinajstić information content (AvgIpc) is 2.90. The van der Waals surface area contributed by atoms with Crippen molar-refractivity contribution in [3.8, 4) is 0 Å². The maximum absolute atomic E-state index is 5.05. The van der Waals surface area contributed by atoms with Crippen LogP contribution in [0.1, 0.15) is 23.4 Å². The summed E-state index contributed by atoms with van der Waals surface area (Å²) in [5.41, 5.74) is 1.21. The van der Waals surface area contributed by atoms with Crippen LogP contribution in [-0.2, 0) is 6.42 Å². The molecule has 0 aromatic carbocycles. The van der Waals surface area contributed by atoms with Gasteiger partial charge in [0.25, 0.3) is 0 Å². The molecule has 2 aromatic heterocycles. The lowest BCUT2D eigenvalue weighted by Gasteiger charge is -2.10. The van der Waals surface area contributed by atoms with Crippen molar-refractivity contribution in [1.82, 2.24) is 5.32 Å². The van der Waals surface area contributed by atoms with Crippen molar-refractivity contribution in [2.75, 3.05) is 6.54 Å². The molecule has 3 heteroatoms. The predicted octanol–water partition coefficient (Wildman–Crippen LogP) is 3.23. The van der Waals surface area contributed by atoms with Crippen LogP contribution in [0, 0.1) is 0 Å². The van der Waals surface area contributed by atoms with Gasteiger partial charge < -0.3 is 9.73 Å². The van der Waals surface area contributed by atoms with Crippen LogP contribution in [0.15, 0.2) is 40.5 Å². The molecule has 15 heavy (non-hydrogen) atoms. The van der Waals surface area contributed by atoms with Gasteiger partial charge in [-0.25, -0.2) is 0 Å². The average molecular weight is 221 g/mol. The lowest BCUT2D eigenvalue weighted by atomic mass is 10.2. The summed E-state index contributed by atoms with van der Waals surface area (Å²) < 4.78 is 5.05. The van der Waals surface area contributed by atoms with Gasteiger partial charge in [0.15, 0.2) is 0 Å². The highest BCUT2D eigenvalue weighted by atomic mass is 32.1. The molecular formula is C12H15NOS. The standard InChI is InChI=1S/C12H15NOS/c1-10(11-5-7-14-9-11)13-6-4-12-3-2-8-15-12/h2-3,5,7-10,13H,4,6H2,1H3. The Morgan fingerprint density at radius 3 is 3.07 bits per heavy atom. The van der Waals surface area contributed by atoms with Crippen molar-refractivity contribution in [1.29, 1.82) is 0 Å². The Balaban J connectivity index is 1.74. The van der Waals surface area contributed by atoms with Crippen LogP contribution >= 0.6 is 11.3 Å². The summed E-state index contributed by atoms with van der Waals surface area (Å²) in [6.07, 6.45) is 4.61. The van der Waals surface area contributed by atoms with E-state index in [1.54, 1.807) is 12.5 Å². The van der Waals surface area contributed by atoms with Crippen LogP contribution in [0.3, 0.4) is 0 Å². The Kier molecular flexibility index (Phi) is 3.59. The van der Waals surface area contributed by atoms with Gasteiger partial charge in [-0.2, -0.15) is 0 Å². The first-order valence-corrected chi connectivity index (χ1v) is 6.02. The molecule has 2 rings (SSSR count). The van der Waals surface area contributed by atoms with Gasteiger partial charge in [0.05, 0.1) is 12.5 Å². The molecule has 2 nitrogen and oxygen atoms in total. The van der Waals surface area contributed by atoms with Gasteiger partial charge in [0.2, 0.25) is 0 Å². The Labute approximate surface area is 93.9 Å². The van der Waals surface area contributed by atoms with Crippen LogP contribution in [0.25, 0.3) is 0 Å². The van der Waals surface area contributed by atoms with Gasteiger partial charge in [-0.1, -0.05) is 6.07 Å². The minimum atomic E-state index is 0.365. The van der Waals surface area contributed by atoms with Gasteiger partial charge in [-0.3, -0.25) is 0 Å². The van der Waals surface area contributed by atoms with E-state index in [0.29, 0.717) is 6.04 Å². The first-order chi connectivity index (χ1) is 7.36.